The van der Waals surface area contributed by atoms with Crippen LogP contribution in [-0.4, -0.2) is 45.8 Å². The summed E-state index contributed by atoms with van der Waals surface area (Å²) in [7, 11) is 1.88. The molecule has 1 aromatic heterocycles. The molecule has 1 N–H and O–H groups in total. The van der Waals surface area contributed by atoms with Gasteiger partial charge in [-0.1, -0.05) is 36.1 Å². The van der Waals surface area contributed by atoms with Crippen molar-refractivity contribution in [2.24, 2.45) is 4.99 Å². The molecule has 0 atom stereocenters. The maximum absolute atomic E-state index is 13.3. The lowest BCUT2D eigenvalue weighted by Gasteiger charge is -2.27. The molecule has 2 aliphatic heterocycles. The number of alkyl halides is 6. The van der Waals surface area contributed by atoms with Gasteiger partial charge in [0.05, 0.1) is 17.0 Å². The molecule has 13 heteroatoms. The van der Waals surface area contributed by atoms with Crippen molar-refractivity contribution in [1.82, 2.24) is 20.0 Å². The summed E-state index contributed by atoms with van der Waals surface area (Å²) in [4.78, 5) is 8.40. The van der Waals surface area contributed by atoms with Gasteiger partial charge in [-0.3, -0.25) is 0 Å². The summed E-state index contributed by atoms with van der Waals surface area (Å²) >= 11 is 0.346. The number of anilines is 1. The van der Waals surface area contributed by atoms with Gasteiger partial charge >= 0.3 is 12.4 Å². The van der Waals surface area contributed by atoms with E-state index in [2.05, 4.69) is 22.1 Å². The molecule has 1 aromatic carbocycles. The van der Waals surface area contributed by atoms with Gasteiger partial charge in [0.15, 0.2) is 5.82 Å². The van der Waals surface area contributed by atoms with E-state index in [9.17, 15) is 26.3 Å². The standard InChI is InChI=1S/C22H20F6N6S/c1-13(29-20-32-31-19(35-20)22(26,27)28)34-11-5-10-33(2)17-9-4-8-16(30-18(17)34)14-6-3-7-15(12-14)21(23,24)25/h3-4,6-8,12H,1,5,9-11H2,2H3,(H,29,32). The molecule has 2 aromatic rings. The highest BCUT2D eigenvalue weighted by atomic mass is 32.1. The molecule has 3 heterocycles. The molecule has 0 spiro atoms. The molecule has 2 aliphatic rings. The van der Waals surface area contributed by atoms with Crippen molar-refractivity contribution >= 4 is 22.2 Å². The number of aromatic nitrogens is 2. The smallest absolute Gasteiger partial charge is 0.375 e. The third-order valence-electron chi connectivity index (χ3n) is 5.39. The quantitative estimate of drug-likeness (QED) is 0.530. The highest BCUT2D eigenvalue weighted by molar-refractivity contribution is 7.15. The molecule has 0 fully saturated rings. The average molecular weight is 514 g/mol. The van der Waals surface area contributed by atoms with Crippen molar-refractivity contribution < 1.29 is 26.3 Å². The van der Waals surface area contributed by atoms with Crippen LogP contribution >= 0.6 is 11.3 Å². The van der Waals surface area contributed by atoms with Crippen LogP contribution in [0.2, 0.25) is 0 Å². The van der Waals surface area contributed by atoms with Crippen LogP contribution in [-0.2, 0) is 12.4 Å². The number of rotatable bonds is 4. The van der Waals surface area contributed by atoms with Crippen LogP contribution in [0.1, 0.15) is 29.0 Å². The van der Waals surface area contributed by atoms with Crippen LogP contribution in [0, 0.1) is 0 Å². The molecule has 186 valence electrons. The maximum atomic E-state index is 13.3. The van der Waals surface area contributed by atoms with Gasteiger partial charge in [-0.25, -0.2) is 4.99 Å². The third kappa shape index (κ3) is 5.50. The molecule has 6 nitrogen and oxygen atoms in total. The first-order valence-corrected chi connectivity index (χ1v) is 11.3. The molecule has 0 unspecified atom stereocenters. The van der Waals surface area contributed by atoms with Crippen LogP contribution in [0.3, 0.4) is 0 Å². The topological polar surface area (TPSA) is 56.7 Å². The van der Waals surface area contributed by atoms with Gasteiger partial charge in [0, 0.05) is 32.1 Å². The summed E-state index contributed by atoms with van der Waals surface area (Å²) in [5.41, 5.74) is 0.623. The fraction of sp³-hybridized carbons (Fsp3) is 0.318. The van der Waals surface area contributed by atoms with Gasteiger partial charge in [-0.15, -0.1) is 10.2 Å². The Bertz CT molecular complexity index is 1210. The monoisotopic (exact) mass is 514 g/mol. The zero-order chi connectivity index (χ0) is 25.4. The van der Waals surface area contributed by atoms with Crippen LogP contribution < -0.4 is 5.32 Å². The Labute approximate surface area is 201 Å². The Hall–Kier alpha value is -3.35. The van der Waals surface area contributed by atoms with E-state index in [1.165, 1.54) is 6.07 Å². The fourth-order valence-corrected chi connectivity index (χ4v) is 4.33. The van der Waals surface area contributed by atoms with E-state index in [-0.39, 0.29) is 16.5 Å². The third-order valence-corrected chi connectivity index (χ3v) is 6.28. The summed E-state index contributed by atoms with van der Waals surface area (Å²) in [6.07, 6.45) is -4.49. The van der Waals surface area contributed by atoms with Gasteiger partial charge in [-0.2, -0.15) is 26.3 Å². The molecular weight excluding hydrogens is 494 g/mol. The summed E-state index contributed by atoms with van der Waals surface area (Å²) < 4.78 is 78.5. The van der Waals surface area contributed by atoms with Gasteiger partial charge in [-0.05, 0) is 24.6 Å². The van der Waals surface area contributed by atoms with E-state index in [4.69, 9.17) is 4.99 Å². The Morgan fingerprint density at radius 2 is 1.86 bits per heavy atom. The van der Waals surface area contributed by atoms with Crippen molar-refractivity contribution in [3.8, 4) is 0 Å². The molecular formula is C22H20F6N6S. The molecule has 35 heavy (non-hydrogen) atoms. The number of nitrogens with one attached hydrogen (secondary N) is 1. The van der Waals surface area contributed by atoms with Gasteiger partial charge < -0.3 is 15.1 Å². The van der Waals surface area contributed by atoms with E-state index in [0.717, 1.165) is 17.8 Å². The van der Waals surface area contributed by atoms with E-state index in [1.54, 1.807) is 17.0 Å². The van der Waals surface area contributed by atoms with E-state index < -0.39 is 22.9 Å². The molecule has 0 amide bonds. The number of benzene rings is 1. The van der Waals surface area contributed by atoms with Crippen molar-refractivity contribution in [3.63, 3.8) is 0 Å². The molecule has 0 aliphatic carbocycles. The number of hydrogen-bond acceptors (Lipinski definition) is 7. The lowest BCUT2D eigenvalue weighted by molar-refractivity contribution is -0.138. The first kappa shape index (κ1) is 24.8. The highest BCUT2D eigenvalue weighted by Crippen LogP contribution is 2.35. The maximum Gasteiger partial charge on any atom is 0.445 e. The van der Waals surface area contributed by atoms with Gasteiger partial charge in [0.1, 0.15) is 5.82 Å². The zero-order valence-electron chi connectivity index (χ0n) is 18.4. The summed E-state index contributed by atoms with van der Waals surface area (Å²) in [5, 5.41) is 8.30. The molecule has 0 saturated heterocycles. The van der Waals surface area contributed by atoms with Gasteiger partial charge in [0.25, 0.3) is 0 Å². The first-order chi connectivity index (χ1) is 16.4. The normalized spacial score (nSPS) is 17.1. The van der Waals surface area contributed by atoms with Crippen LogP contribution in [0.4, 0.5) is 31.5 Å². The molecule has 0 saturated carbocycles. The van der Waals surface area contributed by atoms with Crippen LogP contribution in [0.15, 0.2) is 65.3 Å². The number of allylic oxidation sites excluding steroid dienone is 2. The Morgan fingerprint density at radius 3 is 2.54 bits per heavy atom. The van der Waals surface area contributed by atoms with Crippen molar-refractivity contribution in [2.75, 3.05) is 25.5 Å². The molecule has 0 radical (unpaired) electrons. The van der Waals surface area contributed by atoms with Crippen LogP contribution in [0.5, 0.6) is 0 Å². The van der Waals surface area contributed by atoms with Gasteiger partial charge in [0.2, 0.25) is 10.1 Å². The van der Waals surface area contributed by atoms with Crippen molar-refractivity contribution in [2.45, 2.75) is 25.2 Å². The molecule has 0 bridgehead atoms. The highest BCUT2D eigenvalue weighted by Gasteiger charge is 2.36. The number of aliphatic imine (C=N–C) groups is 1. The largest absolute Gasteiger partial charge is 0.445 e. The second kappa shape index (κ2) is 9.36. The van der Waals surface area contributed by atoms with E-state index >= 15 is 0 Å². The Balaban J connectivity index is 1.69. The van der Waals surface area contributed by atoms with Crippen molar-refractivity contribution in [1.29, 1.82) is 0 Å². The van der Waals surface area contributed by atoms with Crippen molar-refractivity contribution in [3.05, 3.63) is 76.5 Å². The minimum absolute atomic E-state index is 0.0871. The lowest BCUT2D eigenvalue weighted by atomic mass is 10.1. The second-order valence-corrected chi connectivity index (χ2v) is 8.84. The second-order valence-electron chi connectivity index (χ2n) is 7.86. The zero-order valence-corrected chi connectivity index (χ0v) is 19.2. The Morgan fingerprint density at radius 1 is 1.09 bits per heavy atom. The minimum Gasteiger partial charge on any atom is -0.375 e. The number of hydrogen-bond donors (Lipinski definition) is 1. The first-order valence-electron chi connectivity index (χ1n) is 10.4. The van der Waals surface area contributed by atoms with E-state index in [1.807, 2.05) is 18.0 Å². The SMILES string of the molecule is C=C(Nc1nnc(C(F)(F)F)s1)N1CCCN(C)C2=C1N=C(c1cccc(C(F)(F)F)c1)C=CC2. The van der Waals surface area contributed by atoms with Crippen LogP contribution in [0.25, 0.3) is 0 Å². The predicted octanol–water partition coefficient (Wildman–Crippen LogP) is 5.71. The predicted molar refractivity (Wildman–Crippen MR) is 120 cm³/mol. The summed E-state index contributed by atoms with van der Waals surface area (Å²) in [6.45, 7) is 5.07. The fourth-order valence-electron chi connectivity index (χ4n) is 3.70. The Kier molecular flexibility index (Phi) is 6.62. The van der Waals surface area contributed by atoms with E-state index in [0.29, 0.717) is 48.8 Å². The lowest BCUT2D eigenvalue weighted by Crippen LogP contribution is -2.27. The summed E-state index contributed by atoms with van der Waals surface area (Å²) in [5.74, 6) is 0.673. The number of nitrogens with zero attached hydrogens (tertiary/aromatic N) is 5. The minimum atomic E-state index is -4.61. The summed E-state index contributed by atoms with van der Waals surface area (Å²) in [6, 6.07) is 4.89. The average Bonchev–Trinajstić information content (AvgIpc) is 3.07. The number of halogens is 6. The molecule has 4 rings (SSSR count).